The molecule has 6 heteroatoms. The van der Waals surface area contributed by atoms with Gasteiger partial charge >= 0.3 is 0 Å². The maximum Gasteiger partial charge on any atom is 0.278 e. The molecule has 0 saturated heterocycles. The predicted octanol–water partition coefficient (Wildman–Crippen LogP) is 5.28. The fourth-order valence-electron chi connectivity index (χ4n) is 3.77. The zero-order chi connectivity index (χ0) is 23.0. The van der Waals surface area contributed by atoms with Crippen LogP contribution in [0.4, 0.5) is 14.5 Å². The Balaban J connectivity index is 1.77. The van der Waals surface area contributed by atoms with Gasteiger partial charge in [-0.05, 0) is 49.6 Å². The van der Waals surface area contributed by atoms with Crippen molar-refractivity contribution in [2.24, 2.45) is 0 Å². The van der Waals surface area contributed by atoms with E-state index in [1.54, 1.807) is 6.07 Å². The van der Waals surface area contributed by atoms with E-state index in [1.165, 1.54) is 11.0 Å². The molecular formula is C26H22F2N2O2. The molecule has 4 nitrogen and oxygen atoms in total. The van der Waals surface area contributed by atoms with Gasteiger partial charge in [0.1, 0.15) is 5.70 Å². The van der Waals surface area contributed by atoms with Gasteiger partial charge in [0.15, 0.2) is 11.6 Å². The van der Waals surface area contributed by atoms with Crippen molar-refractivity contribution in [3.8, 4) is 0 Å². The SMILES string of the molecule is Cc1ccc(CN2C(=O)C(Nc3ccc(F)c(F)c3)=C(c3ccc(C)cc3C)C2=O)cc1. The maximum atomic E-state index is 13.8. The number of anilines is 1. The molecule has 1 aliphatic rings. The van der Waals surface area contributed by atoms with E-state index >= 15 is 0 Å². The summed E-state index contributed by atoms with van der Waals surface area (Å²) in [5.41, 5.74) is 4.79. The number of imide groups is 1. The molecule has 0 spiro atoms. The first-order valence-electron chi connectivity index (χ1n) is 10.2. The number of aryl methyl sites for hydroxylation is 3. The molecule has 162 valence electrons. The Bertz CT molecular complexity index is 1260. The number of hydrogen-bond donors (Lipinski definition) is 1. The lowest BCUT2D eigenvalue weighted by atomic mass is 9.97. The van der Waals surface area contributed by atoms with E-state index in [2.05, 4.69) is 5.32 Å². The Kier molecular flexibility index (Phi) is 5.61. The van der Waals surface area contributed by atoms with Crippen LogP contribution in [-0.2, 0) is 16.1 Å². The lowest BCUT2D eigenvalue weighted by molar-refractivity contribution is -0.137. The fourth-order valence-corrected chi connectivity index (χ4v) is 3.77. The van der Waals surface area contributed by atoms with Crippen LogP contribution < -0.4 is 5.32 Å². The van der Waals surface area contributed by atoms with Gasteiger partial charge in [-0.25, -0.2) is 8.78 Å². The Morgan fingerprint density at radius 1 is 0.781 bits per heavy atom. The first-order chi connectivity index (χ1) is 15.2. The summed E-state index contributed by atoms with van der Waals surface area (Å²) in [6.45, 7) is 5.87. The molecule has 0 radical (unpaired) electrons. The number of carbonyl (C=O) groups is 2. The minimum Gasteiger partial charge on any atom is -0.350 e. The first kappa shape index (κ1) is 21.4. The van der Waals surface area contributed by atoms with E-state index < -0.39 is 23.4 Å². The Morgan fingerprint density at radius 2 is 1.47 bits per heavy atom. The summed E-state index contributed by atoms with van der Waals surface area (Å²) in [6.07, 6.45) is 0. The summed E-state index contributed by atoms with van der Waals surface area (Å²) in [5, 5.41) is 2.87. The van der Waals surface area contributed by atoms with Gasteiger partial charge in [0.25, 0.3) is 11.8 Å². The second-order valence-corrected chi connectivity index (χ2v) is 8.00. The molecule has 2 amide bonds. The number of carbonyl (C=O) groups excluding carboxylic acids is 2. The van der Waals surface area contributed by atoms with Crippen molar-refractivity contribution in [2.75, 3.05) is 5.32 Å². The average molecular weight is 432 g/mol. The number of nitrogens with one attached hydrogen (secondary N) is 1. The summed E-state index contributed by atoms with van der Waals surface area (Å²) < 4.78 is 27.1. The summed E-state index contributed by atoms with van der Waals surface area (Å²) in [4.78, 5) is 27.9. The van der Waals surface area contributed by atoms with E-state index in [9.17, 15) is 18.4 Å². The van der Waals surface area contributed by atoms with Crippen molar-refractivity contribution in [3.63, 3.8) is 0 Å². The third kappa shape index (κ3) is 4.04. The zero-order valence-corrected chi connectivity index (χ0v) is 18.0. The lowest BCUT2D eigenvalue weighted by Gasteiger charge is -2.16. The van der Waals surface area contributed by atoms with Crippen LogP contribution in [0, 0.1) is 32.4 Å². The van der Waals surface area contributed by atoms with E-state index in [0.717, 1.165) is 34.4 Å². The molecule has 0 aromatic heterocycles. The smallest absolute Gasteiger partial charge is 0.278 e. The van der Waals surface area contributed by atoms with Gasteiger partial charge in [0, 0.05) is 11.8 Å². The lowest BCUT2D eigenvalue weighted by Crippen LogP contribution is -2.32. The quantitative estimate of drug-likeness (QED) is 0.558. The van der Waals surface area contributed by atoms with Crippen molar-refractivity contribution in [3.05, 3.63) is 106 Å². The van der Waals surface area contributed by atoms with E-state index in [1.807, 2.05) is 57.2 Å². The van der Waals surface area contributed by atoms with Crippen LogP contribution >= 0.6 is 0 Å². The molecule has 1 heterocycles. The highest BCUT2D eigenvalue weighted by molar-refractivity contribution is 6.36. The summed E-state index contributed by atoms with van der Waals surface area (Å²) in [6, 6.07) is 16.4. The van der Waals surface area contributed by atoms with Gasteiger partial charge in [-0.15, -0.1) is 0 Å². The number of rotatable bonds is 5. The highest BCUT2D eigenvalue weighted by Gasteiger charge is 2.39. The maximum absolute atomic E-state index is 13.8. The topological polar surface area (TPSA) is 49.4 Å². The summed E-state index contributed by atoms with van der Waals surface area (Å²) in [5.74, 6) is -2.99. The van der Waals surface area contributed by atoms with Crippen LogP contribution in [0.25, 0.3) is 5.57 Å². The molecule has 1 aliphatic heterocycles. The number of benzene rings is 3. The third-order valence-corrected chi connectivity index (χ3v) is 5.47. The second kappa shape index (κ2) is 8.38. The van der Waals surface area contributed by atoms with Gasteiger partial charge in [-0.3, -0.25) is 14.5 Å². The minimum absolute atomic E-state index is 0.0417. The van der Waals surface area contributed by atoms with Crippen molar-refractivity contribution in [2.45, 2.75) is 27.3 Å². The molecule has 0 aliphatic carbocycles. The highest BCUT2D eigenvalue weighted by Crippen LogP contribution is 2.33. The first-order valence-corrected chi connectivity index (χ1v) is 10.2. The Morgan fingerprint density at radius 3 is 2.12 bits per heavy atom. The normalized spacial score (nSPS) is 13.8. The van der Waals surface area contributed by atoms with Crippen LogP contribution in [0.1, 0.15) is 27.8 Å². The number of amides is 2. The van der Waals surface area contributed by atoms with E-state index in [-0.39, 0.29) is 23.5 Å². The van der Waals surface area contributed by atoms with Crippen LogP contribution in [0.5, 0.6) is 0 Å². The molecular weight excluding hydrogens is 410 g/mol. The van der Waals surface area contributed by atoms with Gasteiger partial charge in [0.2, 0.25) is 0 Å². The monoisotopic (exact) mass is 432 g/mol. The Labute approximate surface area is 185 Å². The van der Waals surface area contributed by atoms with Crippen LogP contribution in [-0.4, -0.2) is 16.7 Å². The molecule has 4 rings (SSSR count). The van der Waals surface area contributed by atoms with Gasteiger partial charge in [-0.2, -0.15) is 0 Å². The van der Waals surface area contributed by atoms with Crippen LogP contribution in [0.2, 0.25) is 0 Å². The Hall–Kier alpha value is -3.80. The minimum atomic E-state index is -1.04. The number of hydrogen-bond acceptors (Lipinski definition) is 3. The molecule has 0 unspecified atom stereocenters. The molecule has 0 bridgehead atoms. The molecule has 3 aromatic carbocycles. The summed E-state index contributed by atoms with van der Waals surface area (Å²) in [7, 11) is 0. The molecule has 0 atom stereocenters. The second-order valence-electron chi connectivity index (χ2n) is 8.00. The van der Waals surface area contributed by atoms with Crippen molar-refractivity contribution < 1.29 is 18.4 Å². The zero-order valence-electron chi connectivity index (χ0n) is 18.0. The predicted molar refractivity (Wildman–Crippen MR) is 120 cm³/mol. The van der Waals surface area contributed by atoms with Crippen LogP contribution in [0.15, 0.2) is 66.4 Å². The van der Waals surface area contributed by atoms with Crippen molar-refractivity contribution in [1.29, 1.82) is 0 Å². The molecule has 3 aromatic rings. The third-order valence-electron chi connectivity index (χ3n) is 5.47. The summed E-state index contributed by atoms with van der Waals surface area (Å²) >= 11 is 0. The largest absolute Gasteiger partial charge is 0.350 e. The van der Waals surface area contributed by atoms with E-state index in [0.29, 0.717) is 5.56 Å². The molecule has 0 fully saturated rings. The van der Waals surface area contributed by atoms with Gasteiger partial charge < -0.3 is 5.32 Å². The average Bonchev–Trinajstić information content (AvgIpc) is 2.97. The highest BCUT2D eigenvalue weighted by atomic mass is 19.2. The molecule has 0 saturated carbocycles. The number of nitrogens with zero attached hydrogens (tertiary/aromatic N) is 1. The standard InChI is InChI=1S/C26H22F2N2O2/c1-15-4-7-18(8-5-15)14-30-25(31)23(20-10-6-16(2)12-17(20)3)24(26(30)32)29-19-9-11-21(27)22(28)13-19/h4-13,29H,14H2,1-3H3. The number of halogens is 2. The van der Waals surface area contributed by atoms with Gasteiger partial charge in [-0.1, -0.05) is 53.6 Å². The molecule has 1 N–H and O–H groups in total. The fraction of sp³-hybridized carbons (Fsp3) is 0.154. The van der Waals surface area contributed by atoms with Crippen LogP contribution in [0.3, 0.4) is 0 Å². The van der Waals surface area contributed by atoms with Crippen molar-refractivity contribution >= 4 is 23.1 Å². The van der Waals surface area contributed by atoms with Crippen molar-refractivity contribution in [1.82, 2.24) is 4.90 Å². The van der Waals surface area contributed by atoms with E-state index in [4.69, 9.17) is 0 Å². The van der Waals surface area contributed by atoms with Gasteiger partial charge in [0.05, 0.1) is 12.1 Å². The molecule has 32 heavy (non-hydrogen) atoms.